The number of nitrogens with zero attached hydrogens (tertiary/aromatic N) is 1. The maximum atomic E-state index is 13.5. The Kier molecular flexibility index (Phi) is 5.23. The third kappa shape index (κ3) is 4.01. The van der Waals surface area contributed by atoms with Crippen molar-refractivity contribution in [1.82, 2.24) is 4.57 Å². The minimum atomic E-state index is -0.555. The summed E-state index contributed by atoms with van der Waals surface area (Å²) in [6.07, 6.45) is 0.936. The van der Waals surface area contributed by atoms with Crippen LogP contribution in [0.1, 0.15) is 46.7 Å². The maximum absolute atomic E-state index is 13.5. The molecule has 0 bridgehead atoms. The second kappa shape index (κ2) is 7.87. The van der Waals surface area contributed by atoms with Crippen LogP contribution >= 0.6 is 0 Å². The molecule has 0 fully saturated rings. The van der Waals surface area contributed by atoms with Gasteiger partial charge in [0.1, 0.15) is 11.3 Å². The van der Waals surface area contributed by atoms with Crippen molar-refractivity contribution in [1.29, 1.82) is 0 Å². The molecule has 4 rings (SSSR count). The average molecular weight is 416 g/mol. The van der Waals surface area contributed by atoms with Crippen LogP contribution in [0.3, 0.4) is 0 Å². The van der Waals surface area contributed by atoms with Gasteiger partial charge in [-0.25, -0.2) is 0 Å². The number of benzene rings is 2. The number of aromatic nitrogens is 1. The lowest BCUT2D eigenvalue weighted by Crippen LogP contribution is -2.37. The number of ether oxygens (including phenoxy) is 1. The van der Waals surface area contributed by atoms with Crippen LogP contribution in [0.2, 0.25) is 0 Å². The molecule has 0 unspecified atom stereocenters. The first-order valence-corrected chi connectivity index (χ1v) is 10.1. The second-order valence-electron chi connectivity index (χ2n) is 8.52. The van der Waals surface area contributed by atoms with E-state index in [-0.39, 0.29) is 16.8 Å². The quantitative estimate of drug-likeness (QED) is 0.690. The summed E-state index contributed by atoms with van der Waals surface area (Å²) in [5.74, 6) is 0.0427. The van der Waals surface area contributed by atoms with E-state index in [1.807, 2.05) is 32.0 Å². The summed E-state index contributed by atoms with van der Waals surface area (Å²) in [5.41, 5.74) is 1.48. The van der Waals surface area contributed by atoms with Crippen molar-refractivity contribution in [2.24, 2.45) is 5.41 Å². The van der Waals surface area contributed by atoms with Crippen molar-refractivity contribution in [2.45, 2.75) is 26.7 Å². The highest BCUT2D eigenvalue weighted by molar-refractivity contribution is 6.07. The molecule has 0 spiro atoms. The monoisotopic (exact) mass is 416 g/mol. The molecule has 1 aliphatic rings. The Bertz CT molecular complexity index is 1210. The van der Waals surface area contributed by atoms with E-state index in [0.29, 0.717) is 41.2 Å². The van der Waals surface area contributed by atoms with E-state index >= 15 is 0 Å². The van der Waals surface area contributed by atoms with Crippen LogP contribution in [0, 0.1) is 5.41 Å². The fraction of sp³-hybridized carbons (Fsp3) is 0.240. The Labute approximate surface area is 180 Å². The Morgan fingerprint density at radius 1 is 1.00 bits per heavy atom. The number of hydrogen-bond donors (Lipinski definition) is 1. The molecule has 1 aromatic heterocycles. The Balaban J connectivity index is 1.84. The molecule has 31 heavy (non-hydrogen) atoms. The summed E-state index contributed by atoms with van der Waals surface area (Å²) < 4.78 is 6.64. The number of fused-ring (bicyclic) bond motifs is 1. The number of hydrogen-bond acceptors (Lipinski definition) is 4. The van der Waals surface area contributed by atoms with Gasteiger partial charge in [0.05, 0.1) is 7.11 Å². The van der Waals surface area contributed by atoms with Crippen molar-refractivity contribution >= 4 is 17.4 Å². The van der Waals surface area contributed by atoms with Crippen LogP contribution in [0.15, 0.2) is 65.5 Å². The highest BCUT2D eigenvalue weighted by Crippen LogP contribution is 2.35. The number of ketones is 1. The molecule has 6 heteroatoms. The summed E-state index contributed by atoms with van der Waals surface area (Å²) in [7, 11) is 1.56. The molecule has 1 N–H and O–H groups in total. The van der Waals surface area contributed by atoms with Crippen molar-refractivity contribution in [3.63, 3.8) is 0 Å². The lowest BCUT2D eigenvalue weighted by Gasteiger charge is -2.32. The zero-order valence-electron chi connectivity index (χ0n) is 17.8. The summed E-state index contributed by atoms with van der Waals surface area (Å²) in [6, 6.07) is 17.4. The van der Waals surface area contributed by atoms with Gasteiger partial charge in [-0.1, -0.05) is 32.0 Å². The van der Waals surface area contributed by atoms with Crippen LogP contribution in [0.5, 0.6) is 5.75 Å². The van der Waals surface area contributed by atoms with E-state index in [1.54, 1.807) is 43.5 Å². The predicted molar refractivity (Wildman–Crippen MR) is 119 cm³/mol. The molecule has 0 atom stereocenters. The normalized spacial score (nSPS) is 14.6. The van der Waals surface area contributed by atoms with E-state index in [4.69, 9.17) is 4.74 Å². The van der Waals surface area contributed by atoms with Gasteiger partial charge in [-0.3, -0.25) is 19.0 Å². The standard InChI is InChI=1S/C25H24N2O4/c1-25(2)14-21-19(22(28)15-25)13-20(24(30)27(21)17-7-5-4-6-8-17)23(29)26-16-9-11-18(31-3)12-10-16/h4-13H,14-15H2,1-3H3,(H,26,29). The van der Waals surface area contributed by atoms with E-state index in [1.165, 1.54) is 10.6 Å². The van der Waals surface area contributed by atoms with Gasteiger partial charge in [0, 0.05) is 29.1 Å². The summed E-state index contributed by atoms with van der Waals surface area (Å²) >= 11 is 0. The molecule has 0 saturated heterocycles. The molecule has 0 radical (unpaired) electrons. The van der Waals surface area contributed by atoms with Gasteiger partial charge in [0.15, 0.2) is 5.78 Å². The molecular formula is C25H24N2O4. The van der Waals surface area contributed by atoms with Gasteiger partial charge in [0.25, 0.3) is 11.5 Å². The maximum Gasteiger partial charge on any atom is 0.268 e. The third-order valence-electron chi connectivity index (χ3n) is 5.50. The molecule has 0 saturated carbocycles. The fourth-order valence-corrected chi connectivity index (χ4v) is 4.00. The van der Waals surface area contributed by atoms with Crippen LogP contribution in [0.4, 0.5) is 5.69 Å². The third-order valence-corrected chi connectivity index (χ3v) is 5.50. The minimum Gasteiger partial charge on any atom is -0.497 e. The second-order valence-corrected chi connectivity index (χ2v) is 8.52. The molecule has 3 aromatic rings. The molecule has 2 aromatic carbocycles. The van der Waals surface area contributed by atoms with Gasteiger partial charge < -0.3 is 10.1 Å². The number of pyridine rings is 1. The topological polar surface area (TPSA) is 77.4 Å². The zero-order valence-corrected chi connectivity index (χ0v) is 17.8. The summed E-state index contributed by atoms with van der Waals surface area (Å²) in [4.78, 5) is 39.4. The smallest absolute Gasteiger partial charge is 0.268 e. The van der Waals surface area contributed by atoms with Crippen molar-refractivity contribution in [3.05, 3.63) is 87.8 Å². The molecule has 1 amide bonds. The lowest BCUT2D eigenvalue weighted by molar-refractivity contribution is 0.0909. The van der Waals surface area contributed by atoms with Gasteiger partial charge in [-0.05, 0) is 54.3 Å². The average Bonchev–Trinajstić information content (AvgIpc) is 2.73. The highest BCUT2D eigenvalue weighted by Gasteiger charge is 2.35. The van der Waals surface area contributed by atoms with E-state index in [9.17, 15) is 14.4 Å². The van der Waals surface area contributed by atoms with E-state index < -0.39 is 11.5 Å². The predicted octanol–water partition coefficient (Wildman–Crippen LogP) is 4.25. The largest absolute Gasteiger partial charge is 0.497 e. The first-order chi connectivity index (χ1) is 14.8. The van der Waals surface area contributed by atoms with Crippen LogP contribution in [0.25, 0.3) is 5.69 Å². The van der Waals surface area contributed by atoms with Gasteiger partial charge in [0.2, 0.25) is 0 Å². The van der Waals surface area contributed by atoms with Crippen LogP contribution < -0.4 is 15.6 Å². The van der Waals surface area contributed by atoms with Crippen LogP contribution in [-0.4, -0.2) is 23.4 Å². The van der Waals surface area contributed by atoms with E-state index in [2.05, 4.69) is 5.32 Å². The molecule has 1 heterocycles. The molecule has 1 aliphatic carbocycles. The van der Waals surface area contributed by atoms with Crippen molar-refractivity contribution in [2.75, 3.05) is 12.4 Å². The Hall–Kier alpha value is -3.67. The lowest BCUT2D eigenvalue weighted by atomic mass is 9.75. The van der Waals surface area contributed by atoms with Gasteiger partial charge in [-0.15, -0.1) is 0 Å². The highest BCUT2D eigenvalue weighted by atomic mass is 16.5. The minimum absolute atomic E-state index is 0.0607. The number of carbonyl (C=O) groups excluding carboxylic acids is 2. The summed E-state index contributed by atoms with van der Waals surface area (Å²) in [6.45, 7) is 4.02. The number of methoxy groups -OCH3 is 1. The first kappa shape index (κ1) is 20.6. The number of nitrogens with one attached hydrogen (secondary N) is 1. The molecule has 6 nitrogen and oxygen atoms in total. The molecule has 0 aliphatic heterocycles. The van der Waals surface area contributed by atoms with Gasteiger partial charge in [-0.2, -0.15) is 0 Å². The first-order valence-electron chi connectivity index (χ1n) is 10.1. The summed E-state index contributed by atoms with van der Waals surface area (Å²) in [5, 5.41) is 2.75. The van der Waals surface area contributed by atoms with E-state index in [0.717, 1.165) is 0 Å². The van der Waals surface area contributed by atoms with Crippen LogP contribution in [-0.2, 0) is 6.42 Å². The number of Topliss-reactive ketones (excluding diaryl/α,β-unsaturated/α-hetero) is 1. The number of anilines is 1. The Morgan fingerprint density at radius 3 is 2.32 bits per heavy atom. The number of carbonyl (C=O) groups is 2. The fourth-order valence-electron chi connectivity index (χ4n) is 4.00. The molecular weight excluding hydrogens is 392 g/mol. The zero-order chi connectivity index (χ0) is 22.2. The van der Waals surface area contributed by atoms with Crippen molar-refractivity contribution < 1.29 is 14.3 Å². The number of para-hydroxylation sites is 1. The SMILES string of the molecule is COc1ccc(NC(=O)c2cc3c(n(-c4ccccc4)c2=O)CC(C)(C)CC3=O)cc1. The Morgan fingerprint density at radius 2 is 1.68 bits per heavy atom. The number of rotatable bonds is 4. The molecule has 158 valence electrons. The number of amides is 1. The van der Waals surface area contributed by atoms with Gasteiger partial charge >= 0.3 is 0 Å². The van der Waals surface area contributed by atoms with Crippen molar-refractivity contribution in [3.8, 4) is 11.4 Å².